The highest BCUT2D eigenvalue weighted by molar-refractivity contribution is 5.90. The van der Waals surface area contributed by atoms with Crippen LogP contribution in [0.3, 0.4) is 0 Å². The van der Waals surface area contributed by atoms with Crippen molar-refractivity contribution in [2.45, 2.75) is 12.6 Å². The Morgan fingerprint density at radius 1 is 1.58 bits per heavy atom. The Balaban J connectivity index is 2.08. The summed E-state index contributed by atoms with van der Waals surface area (Å²) in [6, 6.07) is 1.93. The van der Waals surface area contributed by atoms with Gasteiger partial charge in [-0.3, -0.25) is 4.90 Å². The molecular weight excluding hydrogens is 246 g/mol. The number of hydrogen-bond donors (Lipinski definition) is 1. The highest BCUT2D eigenvalue weighted by Crippen LogP contribution is 2.17. The number of esters is 1. The van der Waals surface area contributed by atoms with E-state index >= 15 is 0 Å². The summed E-state index contributed by atoms with van der Waals surface area (Å²) < 4.78 is 10.2. The molecule has 1 saturated heterocycles. The van der Waals surface area contributed by atoms with E-state index in [2.05, 4.69) is 16.8 Å². The second kappa shape index (κ2) is 6.18. The van der Waals surface area contributed by atoms with Gasteiger partial charge in [-0.2, -0.15) is 0 Å². The molecule has 2 heterocycles. The Labute approximate surface area is 113 Å². The molecular formula is C13H21N3O3. The van der Waals surface area contributed by atoms with Crippen molar-refractivity contribution in [2.75, 3.05) is 40.3 Å². The van der Waals surface area contributed by atoms with Gasteiger partial charge in [-0.15, -0.1) is 0 Å². The van der Waals surface area contributed by atoms with Gasteiger partial charge in [-0.05, 0) is 13.1 Å². The molecule has 1 aromatic heterocycles. The van der Waals surface area contributed by atoms with Crippen LogP contribution in [0.1, 0.15) is 16.1 Å². The summed E-state index contributed by atoms with van der Waals surface area (Å²) in [5.41, 5.74) is 6.32. The zero-order valence-corrected chi connectivity index (χ0v) is 11.5. The molecule has 1 atom stereocenters. The van der Waals surface area contributed by atoms with Crippen LogP contribution in [0.5, 0.6) is 0 Å². The van der Waals surface area contributed by atoms with Gasteiger partial charge in [0.1, 0.15) is 11.3 Å². The molecule has 0 aromatic carbocycles. The molecule has 0 amide bonds. The van der Waals surface area contributed by atoms with Crippen LogP contribution in [-0.2, 0) is 11.3 Å². The summed E-state index contributed by atoms with van der Waals surface area (Å²) in [5, 5.41) is 0. The SMILES string of the molecule is COC(=O)c1ccoc1CN1CCN(C)CC1CN. The lowest BCUT2D eigenvalue weighted by Crippen LogP contribution is -2.54. The minimum Gasteiger partial charge on any atom is -0.467 e. The number of carbonyl (C=O) groups is 1. The van der Waals surface area contributed by atoms with Crippen molar-refractivity contribution in [3.05, 3.63) is 23.7 Å². The average molecular weight is 267 g/mol. The highest BCUT2D eigenvalue weighted by Gasteiger charge is 2.26. The van der Waals surface area contributed by atoms with E-state index in [1.807, 2.05) is 0 Å². The van der Waals surface area contributed by atoms with E-state index in [4.69, 9.17) is 14.9 Å². The van der Waals surface area contributed by atoms with Crippen LogP contribution in [0.2, 0.25) is 0 Å². The Hall–Kier alpha value is -1.37. The minimum atomic E-state index is -0.359. The lowest BCUT2D eigenvalue weighted by Gasteiger charge is -2.39. The first-order chi connectivity index (χ1) is 9.15. The highest BCUT2D eigenvalue weighted by atomic mass is 16.5. The summed E-state index contributed by atoms with van der Waals surface area (Å²) >= 11 is 0. The van der Waals surface area contributed by atoms with E-state index < -0.39 is 0 Å². The number of hydrogen-bond acceptors (Lipinski definition) is 6. The van der Waals surface area contributed by atoms with Gasteiger partial charge in [0.05, 0.1) is 19.9 Å². The molecule has 106 valence electrons. The van der Waals surface area contributed by atoms with Gasteiger partial charge in [-0.25, -0.2) is 4.79 Å². The lowest BCUT2D eigenvalue weighted by molar-refractivity contribution is 0.0586. The van der Waals surface area contributed by atoms with Crippen molar-refractivity contribution >= 4 is 5.97 Å². The Kier molecular flexibility index (Phi) is 4.57. The van der Waals surface area contributed by atoms with Crippen LogP contribution >= 0.6 is 0 Å². The fraction of sp³-hybridized carbons (Fsp3) is 0.615. The van der Waals surface area contributed by atoms with Crippen LogP contribution in [0, 0.1) is 0 Å². The molecule has 0 bridgehead atoms. The van der Waals surface area contributed by atoms with E-state index in [1.165, 1.54) is 13.4 Å². The van der Waals surface area contributed by atoms with Gasteiger partial charge in [0.25, 0.3) is 0 Å². The van der Waals surface area contributed by atoms with E-state index in [0.29, 0.717) is 24.4 Å². The van der Waals surface area contributed by atoms with Crippen molar-refractivity contribution in [2.24, 2.45) is 5.73 Å². The molecule has 6 heteroatoms. The van der Waals surface area contributed by atoms with Crippen LogP contribution in [0.25, 0.3) is 0 Å². The van der Waals surface area contributed by atoms with Crippen molar-refractivity contribution < 1.29 is 13.9 Å². The third-order valence-electron chi connectivity index (χ3n) is 3.58. The zero-order valence-electron chi connectivity index (χ0n) is 11.5. The largest absolute Gasteiger partial charge is 0.467 e. The van der Waals surface area contributed by atoms with Crippen molar-refractivity contribution in [3.8, 4) is 0 Å². The van der Waals surface area contributed by atoms with E-state index in [9.17, 15) is 4.79 Å². The Morgan fingerprint density at radius 3 is 3.05 bits per heavy atom. The average Bonchev–Trinajstić information content (AvgIpc) is 2.88. The molecule has 1 aromatic rings. The Morgan fingerprint density at radius 2 is 2.37 bits per heavy atom. The number of likely N-dealkylation sites (N-methyl/N-ethyl adjacent to an activating group) is 1. The normalized spacial score (nSPS) is 21.5. The van der Waals surface area contributed by atoms with Gasteiger partial charge in [0, 0.05) is 32.2 Å². The molecule has 1 aliphatic rings. The summed E-state index contributed by atoms with van der Waals surface area (Å²) in [6.45, 7) is 4.03. The first-order valence-electron chi connectivity index (χ1n) is 6.43. The maximum absolute atomic E-state index is 11.6. The third kappa shape index (κ3) is 3.15. The topological polar surface area (TPSA) is 71.9 Å². The second-order valence-corrected chi connectivity index (χ2v) is 4.87. The van der Waals surface area contributed by atoms with E-state index in [1.54, 1.807) is 6.07 Å². The summed E-state index contributed by atoms with van der Waals surface area (Å²) in [5.74, 6) is 0.289. The monoisotopic (exact) mass is 267 g/mol. The van der Waals surface area contributed by atoms with E-state index in [-0.39, 0.29) is 12.0 Å². The fourth-order valence-corrected chi connectivity index (χ4v) is 2.42. The van der Waals surface area contributed by atoms with Crippen LogP contribution < -0.4 is 5.73 Å². The smallest absolute Gasteiger partial charge is 0.341 e. The predicted molar refractivity (Wildman–Crippen MR) is 70.8 cm³/mol. The molecule has 6 nitrogen and oxygen atoms in total. The van der Waals surface area contributed by atoms with Gasteiger partial charge >= 0.3 is 5.97 Å². The lowest BCUT2D eigenvalue weighted by atomic mass is 10.1. The Bertz CT molecular complexity index is 433. The van der Waals surface area contributed by atoms with Crippen molar-refractivity contribution in [1.29, 1.82) is 0 Å². The molecule has 0 saturated carbocycles. The van der Waals surface area contributed by atoms with Crippen molar-refractivity contribution in [1.82, 2.24) is 9.80 Å². The molecule has 0 radical (unpaired) electrons. The van der Waals surface area contributed by atoms with Crippen molar-refractivity contribution in [3.63, 3.8) is 0 Å². The number of nitrogens with two attached hydrogens (primary N) is 1. The summed E-state index contributed by atoms with van der Waals surface area (Å²) in [4.78, 5) is 16.1. The molecule has 1 aliphatic heterocycles. The first-order valence-corrected chi connectivity index (χ1v) is 6.43. The van der Waals surface area contributed by atoms with Gasteiger partial charge in [0.2, 0.25) is 0 Å². The molecule has 19 heavy (non-hydrogen) atoms. The molecule has 0 spiro atoms. The van der Waals surface area contributed by atoms with Crippen LogP contribution in [-0.4, -0.2) is 62.1 Å². The zero-order chi connectivity index (χ0) is 13.8. The van der Waals surface area contributed by atoms with E-state index in [0.717, 1.165) is 19.6 Å². The van der Waals surface area contributed by atoms with Crippen LogP contribution in [0.4, 0.5) is 0 Å². The number of furan rings is 1. The van der Waals surface area contributed by atoms with Gasteiger partial charge in [0.15, 0.2) is 0 Å². The molecule has 1 fully saturated rings. The maximum atomic E-state index is 11.6. The standard InChI is InChI=1S/C13H21N3O3/c1-15-4-5-16(10(7-14)8-15)9-12-11(3-6-19-12)13(17)18-2/h3,6,10H,4-5,7-9,14H2,1-2H3. The first kappa shape index (κ1) is 14.0. The fourth-order valence-electron chi connectivity index (χ4n) is 2.42. The number of nitrogens with zero attached hydrogens (tertiary/aromatic N) is 2. The number of carbonyl (C=O) groups excluding carboxylic acids is 1. The van der Waals surface area contributed by atoms with Crippen LogP contribution in [0.15, 0.2) is 16.7 Å². The third-order valence-corrected chi connectivity index (χ3v) is 3.58. The molecule has 2 rings (SSSR count). The van der Waals surface area contributed by atoms with Gasteiger partial charge < -0.3 is 19.8 Å². The quantitative estimate of drug-likeness (QED) is 0.782. The molecule has 1 unspecified atom stereocenters. The predicted octanol–water partition coefficient (Wildman–Crippen LogP) is 0.141. The minimum absolute atomic E-state index is 0.286. The maximum Gasteiger partial charge on any atom is 0.341 e. The number of piperazine rings is 1. The number of methoxy groups -OCH3 is 1. The molecule has 0 aliphatic carbocycles. The summed E-state index contributed by atoms with van der Waals surface area (Å²) in [6.07, 6.45) is 1.52. The number of rotatable bonds is 4. The summed E-state index contributed by atoms with van der Waals surface area (Å²) in [7, 11) is 3.46. The number of ether oxygens (including phenoxy) is 1. The molecule has 2 N–H and O–H groups in total. The van der Waals surface area contributed by atoms with Gasteiger partial charge in [-0.1, -0.05) is 0 Å². The second-order valence-electron chi connectivity index (χ2n) is 4.87.